The fraction of sp³-hybridized carbons (Fsp3) is 0.182. The lowest BCUT2D eigenvalue weighted by Crippen LogP contribution is -1.98. The molecule has 15 heavy (non-hydrogen) atoms. The first-order chi connectivity index (χ1) is 7.11. The van der Waals surface area contributed by atoms with Crippen molar-refractivity contribution in [2.24, 2.45) is 0 Å². The number of rotatable bonds is 3. The maximum Gasteiger partial charge on any atom is 0.330 e. The van der Waals surface area contributed by atoms with E-state index < -0.39 is 0 Å². The van der Waals surface area contributed by atoms with E-state index >= 15 is 0 Å². The summed E-state index contributed by atoms with van der Waals surface area (Å²) in [5, 5.41) is 0.540. The Kier molecular flexibility index (Phi) is 4.18. The summed E-state index contributed by atoms with van der Waals surface area (Å²) >= 11 is 5.80. The number of nitrogen functional groups attached to an aromatic ring is 1. The van der Waals surface area contributed by atoms with Gasteiger partial charge in [-0.3, -0.25) is 0 Å². The van der Waals surface area contributed by atoms with E-state index in [4.69, 9.17) is 22.1 Å². The van der Waals surface area contributed by atoms with E-state index in [0.717, 1.165) is 5.56 Å². The maximum atomic E-state index is 11.0. The Morgan fingerprint density at radius 1 is 1.53 bits per heavy atom. The van der Waals surface area contributed by atoms with Gasteiger partial charge in [-0.05, 0) is 36.8 Å². The zero-order valence-electron chi connectivity index (χ0n) is 8.37. The molecule has 3 nitrogen and oxygen atoms in total. The van der Waals surface area contributed by atoms with Crippen LogP contribution in [-0.4, -0.2) is 12.6 Å². The molecule has 0 aliphatic carbocycles. The van der Waals surface area contributed by atoms with E-state index in [1.165, 1.54) is 6.08 Å². The molecule has 0 spiro atoms. The minimum absolute atomic E-state index is 0.362. The van der Waals surface area contributed by atoms with Crippen molar-refractivity contribution in [3.63, 3.8) is 0 Å². The van der Waals surface area contributed by atoms with Gasteiger partial charge in [-0.15, -0.1) is 0 Å². The van der Waals surface area contributed by atoms with Gasteiger partial charge in [-0.2, -0.15) is 0 Å². The van der Waals surface area contributed by atoms with Crippen LogP contribution in [0.4, 0.5) is 5.69 Å². The van der Waals surface area contributed by atoms with Crippen LogP contribution in [0.1, 0.15) is 12.5 Å². The Morgan fingerprint density at radius 2 is 2.27 bits per heavy atom. The monoisotopic (exact) mass is 225 g/mol. The van der Waals surface area contributed by atoms with Crippen molar-refractivity contribution in [2.75, 3.05) is 12.3 Å². The molecule has 1 aromatic rings. The topological polar surface area (TPSA) is 52.3 Å². The molecule has 1 aromatic carbocycles. The minimum atomic E-state index is -0.379. The highest BCUT2D eigenvalue weighted by molar-refractivity contribution is 6.31. The average Bonchev–Trinajstić information content (AvgIpc) is 2.14. The van der Waals surface area contributed by atoms with Gasteiger partial charge in [0.25, 0.3) is 0 Å². The second kappa shape index (κ2) is 5.41. The summed E-state index contributed by atoms with van der Waals surface area (Å²) < 4.78 is 4.73. The molecule has 1 rings (SSSR count). The summed E-state index contributed by atoms with van der Waals surface area (Å²) in [6, 6.07) is 5.08. The number of ether oxygens (including phenoxy) is 1. The van der Waals surface area contributed by atoms with Crippen molar-refractivity contribution < 1.29 is 9.53 Å². The molecule has 0 aliphatic heterocycles. The predicted molar refractivity (Wildman–Crippen MR) is 61.5 cm³/mol. The third-order valence-electron chi connectivity index (χ3n) is 1.64. The molecular weight excluding hydrogens is 214 g/mol. The summed E-state index contributed by atoms with van der Waals surface area (Å²) in [5.41, 5.74) is 6.92. The molecule has 0 fully saturated rings. The van der Waals surface area contributed by atoms with Crippen LogP contribution >= 0.6 is 11.6 Å². The van der Waals surface area contributed by atoms with E-state index in [1.54, 1.807) is 31.2 Å². The van der Waals surface area contributed by atoms with Crippen LogP contribution in [0.2, 0.25) is 5.02 Å². The summed E-state index contributed by atoms with van der Waals surface area (Å²) in [6.07, 6.45) is 2.95. The molecule has 4 heteroatoms. The quantitative estimate of drug-likeness (QED) is 0.489. The highest BCUT2D eigenvalue weighted by Gasteiger charge is 1.96. The van der Waals surface area contributed by atoms with Gasteiger partial charge in [0.1, 0.15) is 0 Å². The van der Waals surface area contributed by atoms with Crippen LogP contribution in [0.5, 0.6) is 0 Å². The highest BCUT2D eigenvalue weighted by Crippen LogP contribution is 2.17. The van der Waals surface area contributed by atoms with Gasteiger partial charge in [0, 0.05) is 16.8 Å². The first kappa shape index (κ1) is 11.6. The summed E-state index contributed by atoms with van der Waals surface area (Å²) in [6.45, 7) is 2.12. The smallest absolute Gasteiger partial charge is 0.330 e. The first-order valence-corrected chi connectivity index (χ1v) is 4.90. The third-order valence-corrected chi connectivity index (χ3v) is 1.86. The van der Waals surface area contributed by atoms with Gasteiger partial charge < -0.3 is 10.5 Å². The molecule has 0 unspecified atom stereocenters. The molecule has 0 saturated heterocycles. The van der Waals surface area contributed by atoms with Gasteiger partial charge in [0.2, 0.25) is 0 Å². The van der Waals surface area contributed by atoms with E-state index in [2.05, 4.69) is 0 Å². The fourth-order valence-corrected chi connectivity index (χ4v) is 1.34. The van der Waals surface area contributed by atoms with Crippen LogP contribution < -0.4 is 5.73 Å². The highest BCUT2D eigenvalue weighted by atomic mass is 35.5. The van der Waals surface area contributed by atoms with Crippen molar-refractivity contribution in [2.45, 2.75) is 6.92 Å². The van der Waals surface area contributed by atoms with Gasteiger partial charge >= 0.3 is 5.97 Å². The van der Waals surface area contributed by atoms with Crippen molar-refractivity contribution >= 4 is 29.3 Å². The van der Waals surface area contributed by atoms with Crippen LogP contribution in [0, 0.1) is 0 Å². The Labute approximate surface area is 93.5 Å². The number of anilines is 1. The van der Waals surface area contributed by atoms with Crippen molar-refractivity contribution in [1.82, 2.24) is 0 Å². The number of halogens is 1. The second-order valence-corrected chi connectivity index (χ2v) is 3.34. The lowest BCUT2D eigenvalue weighted by Gasteiger charge is -1.98. The molecular formula is C11H12ClNO2. The molecule has 2 N–H and O–H groups in total. The van der Waals surface area contributed by atoms with Crippen molar-refractivity contribution in [3.05, 3.63) is 34.9 Å². The SMILES string of the molecule is CCOC(=O)C=Cc1cc(N)cc(Cl)c1. The van der Waals surface area contributed by atoms with Crippen LogP contribution in [0.15, 0.2) is 24.3 Å². The van der Waals surface area contributed by atoms with Crippen LogP contribution in [0.25, 0.3) is 6.08 Å². The predicted octanol–water partition coefficient (Wildman–Crippen LogP) is 2.50. The Hall–Kier alpha value is -1.48. The molecule has 80 valence electrons. The van der Waals surface area contributed by atoms with Crippen LogP contribution in [0.3, 0.4) is 0 Å². The summed E-state index contributed by atoms with van der Waals surface area (Å²) in [7, 11) is 0. The van der Waals surface area contributed by atoms with Gasteiger partial charge in [-0.25, -0.2) is 4.79 Å². The Bertz CT molecular complexity index is 368. The largest absolute Gasteiger partial charge is 0.463 e. The fourth-order valence-electron chi connectivity index (χ4n) is 1.09. The third kappa shape index (κ3) is 4.04. The lowest BCUT2D eigenvalue weighted by molar-refractivity contribution is -0.137. The summed E-state index contributed by atoms with van der Waals surface area (Å²) in [4.78, 5) is 11.0. The number of hydrogen-bond donors (Lipinski definition) is 1. The van der Waals surface area contributed by atoms with Crippen molar-refractivity contribution in [1.29, 1.82) is 0 Å². The average molecular weight is 226 g/mol. The molecule has 0 bridgehead atoms. The zero-order valence-corrected chi connectivity index (χ0v) is 9.12. The Morgan fingerprint density at radius 3 is 2.87 bits per heavy atom. The number of nitrogens with two attached hydrogens (primary N) is 1. The Balaban J connectivity index is 2.76. The molecule has 0 saturated carbocycles. The number of esters is 1. The van der Waals surface area contributed by atoms with Gasteiger partial charge in [0.15, 0.2) is 0 Å². The number of carbonyl (C=O) groups is 1. The standard InChI is InChI=1S/C11H12ClNO2/c1-2-15-11(14)4-3-8-5-9(12)7-10(13)6-8/h3-7H,2,13H2,1H3. The number of benzene rings is 1. The minimum Gasteiger partial charge on any atom is -0.463 e. The summed E-state index contributed by atoms with van der Waals surface area (Å²) in [5.74, 6) is -0.379. The van der Waals surface area contributed by atoms with Gasteiger partial charge in [-0.1, -0.05) is 11.6 Å². The molecule has 0 aliphatic rings. The van der Waals surface area contributed by atoms with E-state index in [9.17, 15) is 4.79 Å². The van der Waals surface area contributed by atoms with Crippen molar-refractivity contribution in [3.8, 4) is 0 Å². The number of carbonyl (C=O) groups excluding carboxylic acids is 1. The second-order valence-electron chi connectivity index (χ2n) is 2.90. The van der Waals surface area contributed by atoms with Gasteiger partial charge in [0.05, 0.1) is 6.61 Å². The molecule has 0 heterocycles. The molecule has 0 aromatic heterocycles. The number of hydrogen-bond acceptors (Lipinski definition) is 3. The first-order valence-electron chi connectivity index (χ1n) is 4.52. The molecule has 0 radical (unpaired) electrons. The zero-order chi connectivity index (χ0) is 11.3. The van der Waals surface area contributed by atoms with E-state index in [-0.39, 0.29) is 5.97 Å². The lowest BCUT2D eigenvalue weighted by atomic mass is 10.2. The normalized spacial score (nSPS) is 10.5. The molecule has 0 amide bonds. The van der Waals surface area contributed by atoms with E-state index in [0.29, 0.717) is 17.3 Å². The maximum absolute atomic E-state index is 11.0. The van der Waals surface area contributed by atoms with E-state index in [1.807, 2.05) is 0 Å². The molecule has 0 atom stereocenters. The van der Waals surface area contributed by atoms with Crippen LogP contribution in [-0.2, 0) is 9.53 Å².